The maximum Gasteiger partial charge on any atom is 0.0555 e. The maximum absolute atomic E-state index is 9.56. The second-order valence-corrected chi connectivity index (χ2v) is 4.73. The fourth-order valence-electron chi connectivity index (χ4n) is 2.20. The molecule has 0 aliphatic heterocycles. The molecule has 2 unspecified atom stereocenters. The number of pyridine rings is 1. The van der Waals surface area contributed by atoms with Crippen molar-refractivity contribution in [2.75, 3.05) is 0 Å². The summed E-state index contributed by atoms with van der Waals surface area (Å²) in [5.74, 6) is 0. The molecule has 1 saturated carbocycles. The van der Waals surface area contributed by atoms with Crippen LogP contribution in [-0.2, 0) is 6.54 Å². The summed E-state index contributed by atoms with van der Waals surface area (Å²) in [6.07, 6.45) is 5.92. The summed E-state index contributed by atoms with van der Waals surface area (Å²) >= 11 is 0. The summed E-state index contributed by atoms with van der Waals surface area (Å²) in [6, 6.07) is 4.59. The Morgan fingerprint density at radius 1 is 1.44 bits per heavy atom. The minimum atomic E-state index is -0.114. The van der Waals surface area contributed by atoms with Gasteiger partial charge in [0.15, 0.2) is 0 Å². The van der Waals surface area contributed by atoms with Crippen LogP contribution in [0.1, 0.15) is 36.9 Å². The van der Waals surface area contributed by atoms with Crippen molar-refractivity contribution in [2.24, 2.45) is 0 Å². The van der Waals surface area contributed by atoms with Crippen LogP contribution in [0.5, 0.6) is 0 Å². The van der Waals surface area contributed by atoms with E-state index in [4.69, 9.17) is 0 Å². The van der Waals surface area contributed by atoms with Gasteiger partial charge in [0, 0.05) is 18.8 Å². The van der Waals surface area contributed by atoms with Gasteiger partial charge in [-0.3, -0.25) is 4.98 Å². The fraction of sp³-hybridized carbons (Fsp3) is 0.615. The molecule has 1 aliphatic carbocycles. The van der Waals surface area contributed by atoms with Crippen LogP contribution >= 0.6 is 0 Å². The molecule has 3 heteroatoms. The standard InChI is InChI=1S/C13H20N2O/c1-10-5-6-12(14-8-10)9-15-11-3-2-4-13(16)7-11/h5-6,8,11,13,15-16H,2-4,7,9H2,1H3. The molecule has 2 rings (SSSR count). The lowest BCUT2D eigenvalue weighted by Gasteiger charge is -2.26. The largest absolute Gasteiger partial charge is 0.393 e. The molecule has 0 radical (unpaired) electrons. The highest BCUT2D eigenvalue weighted by molar-refractivity contribution is 5.12. The molecule has 1 heterocycles. The molecule has 0 bridgehead atoms. The van der Waals surface area contributed by atoms with E-state index in [1.807, 2.05) is 13.1 Å². The van der Waals surface area contributed by atoms with Gasteiger partial charge in [0.25, 0.3) is 0 Å². The van der Waals surface area contributed by atoms with Crippen molar-refractivity contribution in [3.05, 3.63) is 29.6 Å². The summed E-state index contributed by atoms with van der Waals surface area (Å²) in [6.45, 7) is 2.85. The number of rotatable bonds is 3. The van der Waals surface area contributed by atoms with Crippen molar-refractivity contribution in [2.45, 2.75) is 51.3 Å². The highest BCUT2D eigenvalue weighted by Crippen LogP contribution is 2.18. The lowest BCUT2D eigenvalue weighted by molar-refractivity contribution is 0.111. The van der Waals surface area contributed by atoms with Crippen molar-refractivity contribution in [3.63, 3.8) is 0 Å². The average Bonchev–Trinajstić information content (AvgIpc) is 2.28. The van der Waals surface area contributed by atoms with Gasteiger partial charge >= 0.3 is 0 Å². The minimum Gasteiger partial charge on any atom is -0.393 e. The number of aromatic nitrogens is 1. The Labute approximate surface area is 96.9 Å². The molecule has 0 spiro atoms. The lowest BCUT2D eigenvalue weighted by atomic mass is 9.93. The second kappa shape index (κ2) is 5.41. The van der Waals surface area contributed by atoms with Gasteiger partial charge in [0.05, 0.1) is 11.8 Å². The summed E-state index contributed by atoms with van der Waals surface area (Å²) in [4.78, 5) is 4.36. The van der Waals surface area contributed by atoms with E-state index in [1.165, 1.54) is 12.0 Å². The molecule has 1 aromatic rings. The molecule has 0 saturated heterocycles. The number of hydrogen-bond acceptors (Lipinski definition) is 3. The van der Waals surface area contributed by atoms with E-state index in [0.29, 0.717) is 6.04 Å². The average molecular weight is 220 g/mol. The SMILES string of the molecule is Cc1ccc(CNC2CCCC(O)C2)nc1. The highest BCUT2D eigenvalue weighted by Gasteiger charge is 2.19. The first kappa shape index (κ1) is 11.6. The zero-order valence-electron chi connectivity index (χ0n) is 9.82. The normalized spacial score (nSPS) is 25.6. The smallest absolute Gasteiger partial charge is 0.0555 e. The van der Waals surface area contributed by atoms with Gasteiger partial charge in [-0.2, -0.15) is 0 Å². The number of hydrogen-bond donors (Lipinski definition) is 2. The second-order valence-electron chi connectivity index (χ2n) is 4.73. The first-order valence-corrected chi connectivity index (χ1v) is 6.07. The highest BCUT2D eigenvalue weighted by atomic mass is 16.3. The molecule has 3 nitrogen and oxygen atoms in total. The lowest BCUT2D eigenvalue weighted by Crippen LogP contribution is -2.35. The molecule has 1 aromatic heterocycles. The van der Waals surface area contributed by atoms with Gasteiger partial charge < -0.3 is 10.4 Å². The van der Waals surface area contributed by atoms with Crippen LogP contribution in [0.25, 0.3) is 0 Å². The Morgan fingerprint density at radius 3 is 3.00 bits per heavy atom. The molecule has 2 N–H and O–H groups in total. The van der Waals surface area contributed by atoms with Crippen LogP contribution in [0.15, 0.2) is 18.3 Å². The number of aliphatic hydroxyl groups excluding tert-OH is 1. The third-order valence-electron chi connectivity index (χ3n) is 3.19. The number of aryl methyl sites for hydroxylation is 1. The molecule has 1 fully saturated rings. The van der Waals surface area contributed by atoms with E-state index in [2.05, 4.69) is 22.4 Å². The molecule has 88 valence electrons. The number of nitrogens with zero attached hydrogens (tertiary/aromatic N) is 1. The Balaban J connectivity index is 1.80. The summed E-state index contributed by atoms with van der Waals surface area (Å²) in [5.41, 5.74) is 2.27. The Hall–Kier alpha value is -0.930. The monoisotopic (exact) mass is 220 g/mol. The number of aliphatic hydroxyl groups is 1. The minimum absolute atomic E-state index is 0.114. The number of nitrogens with one attached hydrogen (secondary N) is 1. The summed E-state index contributed by atoms with van der Waals surface area (Å²) in [7, 11) is 0. The molecule has 16 heavy (non-hydrogen) atoms. The molecule has 1 aliphatic rings. The Morgan fingerprint density at radius 2 is 2.31 bits per heavy atom. The van der Waals surface area contributed by atoms with E-state index in [-0.39, 0.29) is 6.10 Å². The van der Waals surface area contributed by atoms with Crippen LogP contribution in [0.2, 0.25) is 0 Å². The van der Waals surface area contributed by atoms with Crippen molar-refractivity contribution < 1.29 is 5.11 Å². The summed E-state index contributed by atoms with van der Waals surface area (Å²) < 4.78 is 0. The van der Waals surface area contributed by atoms with Crippen molar-refractivity contribution >= 4 is 0 Å². The van der Waals surface area contributed by atoms with Crippen LogP contribution in [0.3, 0.4) is 0 Å². The third-order valence-corrected chi connectivity index (χ3v) is 3.19. The van der Waals surface area contributed by atoms with Gasteiger partial charge in [0.1, 0.15) is 0 Å². The van der Waals surface area contributed by atoms with E-state index in [1.54, 1.807) is 0 Å². The molecular weight excluding hydrogens is 200 g/mol. The first-order chi connectivity index (χ1) is 7.74. The van der Waals surface area contributed by atoms with E-state index in [9.17, 15) is 5.11 Å². The third kappa shape index (κ3) is 3.29. The molecule has 2 atom stereocenters. The van der Waals surface area contributed by atoms with Gasteiger partial charge in [-0.15, -0.1) is 0 Å². The quantitative estimate of drug-likeness (QED) is 0.816. The van der Waals surface area contributed by atoms with Crippen LogP contribution in [-0.4, -0.2) is 22.2 Å². The Kier molecular flexibility index (Phi) is 3.91. The van der Waals surface area contributed by atoms with Gasteiger partial charge in [-0.05, 0) is 44.2 Å². The van der Waals surface area contributed by atoms with Gasteiger partial charge in [-0.1, -0.05) is 6.07 Å². The van der Waals surface area contributed by atoms with E-state index >= 15 is 0 Å². The summed E-state index contributed by atoms with van der Waals surface area (Å²) in [5, 5.41) is 13.0. The Bertz CT molecular complexity index is 323. The zero-order chi connectivity index (χ0) is 11.4. The molecule has 0 amide bonds. The first-order valence-electron chi connectivity index (χ1n) is 6.07. The predicted molar refractivity (Wildman–Crippen MR) is 64.1 cm³/mol. The molecular formula is C13H20N2O. The van der Waals surface area contributed by atoms with Crippen molar-refractivity contribution in [1.82, 2.24) is 10.3 Å². The van der Waals surface area contributed by atoms with Gasteiger partial charge in [-0.25, -0.2) is 0 Å². The topological polar surface area (TPSA) is 45.1 Å². The van der Waals surface area contributed by atoms with Crippen molar-refractivity contribution in [3.8, 4) is 0 Å². The maximum atomic E-state index is 9.56. The van der Waals surface area contributed by atoms with Crippen LogP contribution in [0.4, 0.5) is 0 Å². The molecule has 0 aromatic carbocycles. The van der Waals surface area contributed by atoms with Crippen LogP contribution < -0.4 is 5.32 Å². The predicted octanol–water partition coefficient (Wildman–Crippen LogP) is 1.78. The van der Waals surface area contributed by atoms with E-state index in [0.717, 1.165) is 31.5 Å². The van der Waals surface area contributed by atoms with E-state index < -0.39 is 0 Å². The van der Waals surface area contributed by atoms with Crippen molar-refractivity contribution in [1.29, 1.82) is 0 Å². The van der Waals surface area contributed by atoms with Gasteiger partial charge in [0.2, 0.25) is 0 Å². The zero-order valence-corrected chi connectivity index (χ0v) is 9.82. The fourth-order valence-corrected chi connectivity index (χ4v) is 2.20. The van der Waals surface area contributed by atoms with Crippen LogP contribution in [0, 0.1) is 6.92 Å².